The molecule has 0 aliphatic carbocycles. The molecule has 0 unspecified atom stereocenters. The lowest BCUT2D eigenvalue weighted by molar-refractivity contribution is 0.371. The smallest absolute Gasteiger partial charge is 0.194 e. The van der Waals surface area contributed by atoms with E-state index in [9.17, 15) is 0 Å². The lowest BCUT2D eigenvalue weighted by Gasteiger charge is -2.37. The number of anilines is 1. The van der Waals surface area contributed by atoms with Gasteiger partial charge in [-0.05, 0) is 43.0 Å². The average Bonchev–Trinajstić information content (AvgIpc) is 2.72. The molecule has 2 aromatic rings. The van der Waals surface area contributed by atoms with Crippen LogP contribution in [0.3, 0.4) is 0 Å². The van der Waals surface area contributed by atoms with Crippen molar-refractivity contribution < 1.29 is 0 Å². The summed E-state index contributed by atoms with van der Waals surface area (Å²) in [6.45, 7) is 7.53. The minimum absolute atomic E-state index is 0.706. The summed E-state index contributed by atoms with van der Waals surface area (Å²) in [4.78, 5) is 15.3. The molecule has 0 bridgehead atoms. The highest BCUT2D eigenvalue weighted by Crippen LogP contribution is 2.16. The van der Waals surface area contributed by atoms with Crippen molar-refractivity contribution in [2.24, 2.45) is 4.99 Å². The first-order valence-electron chi connectivity index (χ1n) is 9.12. The Morgan fingerprint density at radius 2 is 1.88 bits per heavy atom. The molecule has 1 aromatic heterocycles. The number of benzene rings is 1. The summed E-state index contributed by atoms with van der Waals surface area (Å²) in [5.74, 6) is 2.06. The van der Waals surface area contributed by atoms with Crippen LogP contribution in [0.5, 0.6) is 0 Å². The van der Waals surface area contributed by atoms with Gasteiger partial charge in [0.2, 0.25) is 0 Å². The van der Waals surface area contributed by atoms with Gasteiger partial charge in [-0.1, -0.05) is 18.2 Å². The second kappa shape index (κ2) is 9.48. The third-order valence-electron chi connectivity index (χ3n) is 4.46. The van der Waals surface area contributed by atoms with E-state index in [1.165, 1.54) is 10.5 Å². The lowest BCUT2D eigenvalue weighted by atomic mass is 10.2. The van der Waals surface area contributed by atoms with Crippen molar-refractivity contribution in [1.82, 2.24) is 15.2 Å². The average molecular weight is 370 g/mol. The van der Waals surface area contributed by atoms with Crippen molar-refractivity contribution in [3.05, 3.63) is 54.2 Å². The monoisotopic (exact) mass is 369 g/mol. The molecule has 0 spiro atoms. The van der Waals surface area contributed by atoms with Crippen molar-refractivity contribution in [3.8, 4) is 0 Å². The summed E-state index contributed by atoms with van der Waals surface area (Å²) in [6, 6.07) is 14.7. The van der Waals surface area contributed by atoms with E-state index in [0.29, 0.717) is 6.54 Å². The number of nitrogens with zero attached hydrogens (tertiary/aromatic N) is 4. The predicted molar refractivity (Wildman–Crippen MR) is 111 cm³/mol. The largest absolute Gasteiger partial charge is 0.357 e. The lowest BCUT2D eigenvalue weighted by Crippen LogP contribution is -2.52. The van der Waals surface area contributed by atoms with Crippen LogP contribution in [0, 0.1) is 0 Å². The van der Waals surface area contributed by atoms with Crippen LogP contribution in [0.25, 0.3) is 0 Å². The Balaban J connectivity index is 1.60. The number of rotatable bonds is 5. The van der Waals surface area contributed by atoms with Gasteiger partial charge in [0.1, 0.15) is 5.82 Å². The Labute approximate surface area is 160 Å². The maximum atomic E-state index is 4.85. The van der Waals surface area contributed by atoms with Crippen LogP contribution in [0.2, 0.25) is 0 Å². The van der Waals surface area contributed by atoms with Crippen LogP contribution < -0.4 is 10.2 Å². The van der Waals surface area contributed by atoms with Gasteiger partial charge in [-0.2, -0.15) is 0 Å². The zero-order chi connectivity index (χ0) is 18.2. The molecule has 0 amide bonds. The maximum Gasteiger partial charge on any atom is 0.194 e. The molecule has 5 nitrogen and oxygen atoms in total. The van der Waals surface area contributed by atoms with Gasteiger partial charge in [0.25, 0.3) is 0 Å². The van der Waals surface area contributed by atoms with E-state index in [0.717, 1.165) is 44.5 Å². The number of thioether (sulfide) groups is 1. The van der Waals surface area contributed by atoms with Gasteiger partial charge >= 0.3 is 0 Å². The predicted octanol–water partition coefficient (Wildman–Crippen LogP) is 3.09. The number of hydrogen-bond acceptors (Lipinski definition) is 4. The normalized spacial score (nSPS) is 15.2. The number of hydrogen-bond donors (Lipinski definition) is 1. The fourth-order valence-electron chi connectivity index (χ4n) is 3.01. The zero-order valence-corrected chi connectivity index (χ0v) is 16.4. The molecule has 1 aliphatic rings. The number of aliphatic imine (C=N–C) groups is 1. The molecule has 1 saturated heterocycles. The van der Waals surface area contributed by atoms with Crippen LogP contribution in [0.15, 0.2) is 58.5 Å². The molecule has 1 aliphatic heterocycles. The zero-order valence-electron chi connectivity index (χ0n) is 15.6. The van der Waals surface area contributed by atoms with E-state index >= 15 is 0 Å². The van der Waals surface area contributed by atoms with Crippen LogP contribution >= 0.6 is 11.8 Å². The molecule has 1 fully saturated rings. The second-order valence-electron chi connectivity index (χ2n) is 6.18. The summed E-state index contributed by atoms with van der Waals surface area (Å²) < 4.78 is 0. The molecule has 1 aromatic carbocycles. The third kappa shape index (κ3) is 4.91. The Kier molecular flexibility index (Phi) is 6.77. The van der Waals surface area contributed by atoms with E-state index in [1.807, 2.05) is 18.3 Å². The van der Waals surface area contributed by atoms with Crippen LogP contribution in [-0.4, -0.2) is 54.8 Å². The minimum Gasteiger partial charge on any atom is -0.357 e. The molecule has 0 atom stereocenters. The van der Waals surface area contributed by atoms with Crippen LogP contribution in [0.1, 0.15) is 12.5 Å². The van der Waals surface area contributed by atoms with Crippen molar-refractivity contribution in [2.45, 2.75) is 18.4 Å². The number of nitrogens with one attached hydrogen (secondary N) is 1. The molecule has 0 radical (unpaired) electrons. The topological polar surface area (TPSA) is 43.8 Å². The van der Waals surface area contributed by atoms with E-state index in [4.69, 9.17) is 4.99 Å². The van der Waals surface area contributed by atoms with Gasteiger partial charge in [0.15, 0.2) is 5.96 Å². The first-order valence-corrected chi connectivity index (χ1v) is 10.3. The molecule has 26 heavy (non-hydrogen) atoms. The molecule has 138 valence electrons. The second-order valence-corrected chi connectivity index (χ2v) is 7.06. The molecule has 3 rings (SSSR count). The first-order chi connectivity index (χ1) is 12.8. The van der Waals surface area contributed by atoms with Gasteiger partial charge < -0.3 is 15.1 Å². The van der Waals surface area contributed by atoms with Crippen molar-refractivity contribution >= 4 is 23.5 Å². The maximum absolute atomic E-state index is 4.85. The molecule has 0 saturated carbocycles. The van der Waals surface area contributed by atoms with Gasteiger partial charge in [-0.15, -0.1) is 11.8 Å². The van der Waals surface area contributed by atoms with Crippen LogP contribution in [-0.2, 0) is 6.54 Å². The minimum atomic E-state index is 0.706. The Morgan fingerprint density at radius 3 is 2.50 bits per heavy atom. The Hall–Kier alpha value is -2.21. The van der Waals surface area contributed by atoms with Crippen molar-refractivity contribution in [3.63, 3.8) is 0 Å². The highest BCUT2D eigenvalue weighted by molar-refractivity contribution is 7.98. The number of pyridine rings is 1. The third-order valence-corrected chi connectivity index (χ3v) is 5.20. The highest BCUT2D eigenvalue weighted by Gasteiger charge is 2.20. The highest BCUT2D eigenvalue weighted by atomic mass is 32.2. The number of aromatic nitrogens is 1. The van der Waals surface area contributed by atoms with E-state index in [-0.39, 0.29) is 0 Å². The molecule has 2 heterocycles. The van der Waals surface area contributed by atoms with Crippen molar-refractivity contribution in [1.29, 1.82) is 0 Å². The van der Waals surface area contributed by atoms with E-state index in [1.54, 1.807) is 11.8 Å². The van der Waals surface area contributed by atoms with Gasteiger partial charge in [-0.25, -0.2) is 9.98 Å². The van der Waals surface area contributed by atoms with Crippen molar-refractivity contribution in [2.75, 3.05) is 43.9 Å². The first kappa shape index (κ1) is 18.6. The molecular weight excluding hydrogens is 342 g/mol. The van der Waals surface area contributed by atoms with Gasteiger partial charge in [0, 0.05) is 43.8 Å². The fraction of sp³-hybridized carbons (Fsp3) is 0.400. The van der Waals surface area contributed by atoms with Gasteiger partial charge in [0.05, 0.1) is 6.54 Å². The quantitative estimate of drug-likeness (QED) is 0.498. The summed E-state index contributed by atoms with van der Waals surface area (Å²) >= 11 is 1.76. The Bertz CT molecular complexity index is 694. The summed E-state index contributed by atoms with van der Waals surface area (Å²) in [5, 5.41) is 3.44. The summed E-state index contributed by atoms with van der Waals surface area (Å²) in [7, 11) is 0. The molecule has 1 N–H and O–H groups in total. The van der Waals surface area contributed by atoms with Gasteiger partial charge in [-0.3, -0.25) is 0 Å². The van der Waals surface area contributed by atoms with E-state index in [2.05, 4.69) is 63.6 Å². The summed E-state index contributed by atoms with van der Waals surface area (Å²) in [6.07, 6.45) is 3.95. The van der Waals surface area contributed by atoms with Crippen LogP contribution in [0.4, 0.5) is 5.82 Å². The summed E-state index contributed by atoms with van der Waals surface area (Å²) in [5.41, 5.74) is 1.24. The van der Waals surface area contributed by atoms with E-state index < -0.39 is 0 Å². The molecular formula is C20H27N5S. The molecule has 6 heteroatoms. The fourth-order valence-corrected chi connectivity index (χ4v) is 3.42. The standard InChI is InChI=1S/C20H27N5S/c1-3-21-20(23-16-17-7-9-18(26-2)10-8-17)25-14-12-24(13-15-25)19-6-4-5-11-22-19/h4-11H,3,12-16H2,1-2H3,(H,21,23). The number of guanidine groups is 1. The Morgan fingerprint density at radius 1 is 1.12 bits per heavy atom. The number of piperazine rings is 1. The SMILES string of the molecule is CCNC(=NCc1ccc(SC)cc1)N1CCN(c2ccccn2)CC1.